The molecule has 0 aliphatic rings. The number of anilines is 1. The van der Waals surface area contributed by atoms with E-state index >= 15 is 0 Å². The summed E-state index contributed by atoms with van der Waals surface area (Å²) >= 11 is 0. The van der Waals surface area contributed by atoms with Gasteiger partial charge in [0.15, 0.2) is 0 Å². The van der Waals surface area contributed by atoms with Crippen LogP contribution in [0.25, 0.3) is 11.0 Å². The van der Waals surface area contributed by atoms with Crippen molar-refractivity contribution in [1.29, 1.82) is 0 Å². The van der Waals surface area contributed by atoms with Crippen LogP contribution in [0.3, 0.4) is 0 Å². The van der Waals surface area contributed by atoms with Gasteiger partial charge in [-0.05, 0) is 36.8 Å². The van der Waals surface area contributed by atoms with Crippen LogP contribution in [0.15, 0.2) is 48.5 Å². The highest BCUT2D eigenvalue weighted by Crippen LogP contribution is 2.20. The lowest BCUT2D eigenvalue weighted by Crippen LogP contribution is -2.25. The van der Waals surface area contributed by atoms with Crippen LogP contribution in [0.4, 0.5) is 5.95 Å². The van der Waals surface area contributed by atoms with Crippen molar-refractivity contribution in [1.82, 2.24) is 9.55 Å². The average molecular weight is 341 g/mol. The molecule has 6 nitrogen and oxygen atoms in total. The van der Waals surface area contributed by atoms with E-state index in [9.17, 15) is 5.11 Å². The van der Waals surface area contributed by atoms with Gasteiger partial charge >= 0.3 is 0 Å². The van der Waals surface area contributed by atoms with Crippen molar-refractivity contribution in [3.63, 3.8) is 0 Å². The molecule has 1 heterocycles. The summed E-state index contributed by atoms with van der Waals surface area (Å²) in [5.41, 5.74) is 2.88. The first-order valence-corrected chi connectivity index (χ1v) is 8.35. The number of benzene rings is 2. The molecular formula is C19H23N3O3. The van der Waals surface area contributed by atoms with E-state index < -0.39 is 6.10 Å². The maximum atomic E-state index is 10.4. The van der Waals surface area contributed by atoms with Crippen LogP contribution in [-0.4, -0.2) is 45.6 Å². The SMILES string of the molecule is Cc1cccc(OCC(O)Cn2c(NCCO)nc3ccccc32)c1. The van der Waals surface area contributed by atoms with E-state index in [1.807, 2.05) is 60.0 Å². The minimum Gasteiger partial charge on any atom is -0.491 e. The monoisotopic (exact) mass is 341 g/mol. The number of aliphatic hydroxyl groups is 2. The number of aryl methyl sites for hydroxylation is 1. The molecule has 1 unspecified atom stereocenters. The highest BCUT2D eigenvalue weighted by molar-refractivity contribution is 5.78. The molecule has 2 aromatic carbocycles. The fraction of sp³-hybridized carbons (Fsp3) is 0.316. The fourth-order valence-electron chi connectivity index (χ4n) is 2.72. The Hall–Kier alpha value is -2.57. The van der Waals surface area contributed by atoms with Gasteiger partial charge in [0, 0.05) is 6.54 Å². The number of hydrogen-bond donors (Lipinski definition) is 3. The fourth-order valence-corrected chi connectivity index (χ4v) is 2.72. The van der Waals surface area contributed by atoms with Gasteiger partial charge in [0.2, 0.25) is 5.95 Å². The summed E-state index contributed by atoms with van der Waals surface area (Å²) in [6, 6.07) is 15.5. The standard InChI is InChI=1S/C19H23N3O3/c1-14-5-4-6-16(11-14)25-13-15(24)12-22-18-8-3-2-7-17(18)21-19(22)20-9-10-23/h2-8,11,15,23-24H,9-10,12-13H2,1H3,(H,20,21). The number of rotatable bonds is 8. The summed E-state index contributed by atoms with van der Waals surface area (Å²) in [6.07, 6.45) is -0.687. The molecule has 3 N–H and O–H groups in total. The van der Waals surface area contributed by atoms with Crippen molar-refractivity contribution in [3.8, 4) is 5.75 Å². The molecule has 0 aliphatic heterocycles. The Bertz CT molecular complexity index is 832. The summed E-state index contributed by atoms with van der Waals surface area (Å²) in [7, 11) is 0. The molecule has 0 saturated carbocycles. The molecule has 0 saturated heterocycles. The van der Waals surface area contributed by atoms with Crippen molar-refractivity contribution < 1.29 is 14.9 Å². The predicted molar refractivity (Wildman–Crippen MR) is 98.0 cm³/mol. The van der Waals surface area contributed by atoms with Crippen LogP contribution in [0.1, 0.15) is 5.56 Å². The number of aliphatic hydroxyl groups excluding tert-OH is 2. The molecule has 1 aromatic heterocycles. The van der Waals surface area contributed by atoms with E-state index in [1.54, 1.807) is 0 Å². The first-order valence-electron chi connectivity index (χ1n) is 8.35. The normalized spacial score (nSPS) is 12.3. The molecule has 25 heavy (non-hydrogen) atoms. The van der Waals surface area contributed by atoms with E-state index in [4.69, 9.17) is 9.84 Å². The number of nitrogens with one attached hydrogen (secondary N) is 1. The Balaban J connectivity index is 1.72. The molecular weight excluding hydrogens is 318 g/mol. The third kappa shape index (κ3) is 4.29. The number of fused-ring (bicyclic) bond motifs is 1. The summed E-state index contributed by atoms with van der Waals surface area (Å²) in [4.78, 5) is 4.52. The lowest BCUT2D eigenvalue weighted by Gasteiger charge is -2.16. The zero-order chi connectivity index (χ0) is 17.6. The molecule has 0 radical (unpaired) electrons. The number of ether oxygens (including phenoxy) is 1. The van der Waals surface area contributed by atoms with Gasteiger partial charge in [-0.1, -0.05) is 24.3 Å². The van der Waals surface area contributed by atoms with Crippen LogP contribution in [0, 0.1) is 6.92 Å². The largest absolute Gasteiger partial charge is 0.491 e. The molecule has 6 heteroatoms. The van der Waals surface area contributed by atoms with E-state index in [1.165, 1.54) is 0 Å². The van der Waals surface area contributed by atoms with Crippen molar-refractivity contribution in [3.05, 3.63) is 54.1 Å². The first-order chi connectivity index (χ1) is 12.2. The van der Waals surface area contributed by atoms with Crippen LogP contribution >= 0.6 is 0 Å². The van der Waals surface area contributed by atoms with Crippen molar-refractivity contribution in [2.24, 2.45) is 0 Å². The Kier molecular flexibility index (Phi) is 5.53. The van der Waals surface area contributed by atoms with Crippen molar-refractivity contribution in [2.45, 2.75) is 19.6 Å². The first kappa shape index (κ1) is 17.3. The van der Waals surface area contributed by atoms with Crippen molar-refractivity contribution in [2.75, 3.05) is 25.1 Å². The second-order valence-electron chi connectivity index (χ2n) is 5.97. The average Bonchev–Trinajstić information content (AvgIpc) is 2.96. The second-order valence-corrected chi connectivity index (χ2v) is 5.97. The van der Waals surface area contributed by atoms with Crippen LogP contribution in [-0.2, 0) is 6.54 Å². The molecule has 0 fully saturated rings. The number of aromatic nitrogens is 2. The Morgan fingerprint density at radius 3 is 2.84 bits per heavy atom. The minimum atomic E-state index is -0.687. The molecule has 0 bridgehead atoms. The van der Waals surface area contributed by atoms with E-state index in [0.29, 0.717) is 19.0 Å². The topological polar surface area (TPSA) is 79.5 Å². The summed E-state index contributed by atoms with van der Waals surface area (Å²) < 4.78 is 7.60. The minimum absolute atomic E-state index is 0.0161. The highest BCUT2D eigenvalue weighted by Gasteiger charge is 2.14. The summed E-state index contributed by atoms with van der Waals surface area (Å²) in [6.45, 7) is 2.96. The zero-order valence-corrected chi connectivity index (χ0v) is 14.2. The third-order valence-electron chi connectivity index (χ3n) is 3.87. The Morgan fingerprint density at radius 1 is 1.20 bits per heavy atom. The van der Waals surface area contributed by atoms with E-state index in [0.717, 1.165) is 22.3 Å². The van der Waals surface area contributed by atoms with Gasteiger partial charge < -0.3 is 24.8 Å². The third-order valence-corrected chi connectivity index (χ3v) is 3.87. The molecule has 0 aliphatic carbocycles. The van der Waals surface area contributed by atoms with E-state index in [-0.39, 0.29) is 13.2 Å². The quantitative estimate of drug-likeness (QED) is 0.585. The lowest BCUT2D eigenvalue weighted by atomic mass is 10.2. The molecule has 0 amide bonds. The van der Waals surface area contributed by atoms with Gasteiger partial charge in [0.1, 0.15) is 18.5 Å². The van der Waals surface area contributed by atoms with Gasteiger partial charge in [-0.2, -0.15) is 0 Å². The predicted octanol–water partition coefficient (Wildman–Crippen LogP) is 2.19. The maximum absolute atomic E-state index is 10.4. The number of hydrogen-bond acceptors (Lipinski definition) is 5. The molecule has 1 atom stereocenters. The van der Waals surface area contributed by atoms with Crippen molar-refractivity contribution >= 4 is 17.0 Å². The van der Waals surface area contributed by atoms with Gasteiger partial charge in [-0.25, -0.2) is 4.98 Å². The Labute approximate surface area is 146 Å². The highest BCUT2D eigenvalue weighted by atomic mass is 16.5. The smallest absolute Gasteiger partial charge is 0.204 e. The number of para-hydroxylation sites is 2. The van der Waals surface area contributed by atoms with Crippen LogP contribution < -0.4 is 10.1 Å². The Morgan fingerprint density at radius 2 is 2.04 bits per heavy atom. The van der Waals surface area contributed by atoms with Crippen LogP contribution in [0.5, 0.6) is 5.75 Å². The molecule has 3 rings (SSSR count). The molecule has 0 spiro atoms. The summed E-state index contributed by atoms with van der Waals surface area (Å²) in [5.74, 6) is 1.37. The van der Waals surface area contributed by atoms with E-state index in [2.05, 4.69) is 10.3 Å². The maximum Gasteiger partial charge on any atom is 0.204 e. The van der Waals surface area contributed by atoms with Gasteiger partial charge in [0.25, 0.3) is 0 Å². The van der Waals surface area contributed by atoms with Gasteiger partial charge in [-0.15, -0.1) is 0 Å². The molecule has 3 aromatic rings. The van der Waals surface area contributed by atoms with Gasteiger partial charge in [-0.3, -0.25) is 0 Å². The number of nitrogens with zero attached hydrogens (tertiary/aromatic N) is 2. The second kappa shape index (κ2) is 8.00. The molecule has 132 valence electrons. The zero-order valence-electron chi connectivity index (χ0n) is 14.2. The lowest BCUT2D eigenvalue weighted by molar-refractivity contribution is 0.0938. The summed E-state index contributed by atoms with van der Waals surface area (Å²) in [5, 5.41) is 22.5. The van der Waals surface area contributed by atoms with Gasteiger partial charge in [0.05, 0.1) is 24.2 Å². The number of imidazole rings is 1. The van der Waals surface area contributed by atoms with Crippen LogP contribution in [0.2, 0.25) is 0 Å².